The highest BCUT2D eigenvalue weighted by Crippen LogP contribution is 2.18. The molecule has 0 aromatic carbocycles. The van der Waals surface area contributed by atoms with Crippen molar-refractivity contribution in [3.05, 3.63) is 40.1 Å². The van der Waals surface area contributed by atoms with Crippen molar-refractivity contribution >= 4 is 29.3 Å². The maximum absolute atomic E-state index is 12.0. The number of carboxylic acids is 1. The molecule has 0 radical (unpaired) electrons. The third-order valence-electron chi connectivity index (χ3n) is 2.52. The molecule has 0 atom stereocenters. The van der Waals surface area contributed by atoms with Gasteiger partial charge in [0.15, 0.2) is 5.82 Å². The number of carbonyl (C=O) groups excluding carboxylic acids is 1. The van der Waals surface area contributed by atoms with Crippen LogP contribution in [-0.4, -0.2) is 31.7 Å². The van der Waals surface area contributed by atoms with Crippen molar-refractivity contribution in [3.8, 4) is 0 Å². The fraction of sp³-hybridized carbons (Fsp3) is 0.167. The van der Waals surface area contributed by atoms with E-state index in [0.29, 0.717) is 16.3 Å². The second-order valence-corrected chi connectivity index (χ2v) is 4.83. The van der Waals surface area contributed by atoms with Crippen LogP contribution < -0.4 is 5.32 Å². The zero-order chi connectivity index (χ0) is 14.5. The topological polar surface area (TPSA) is 97.1 Å². The summed E-state index contributed by atoms with van der Waals surface area (Å²) in [5.41, 5.74) is 0.577. The van der Waals surface area contributed by atoms with Crippen LogP contribution in [0.3, 0.4) is 0 Å². The molecule has 0 aliphatic carbocycles. The van der Waals surface area contributed by atoms with E-state index in [1.54, 1.807) is 29.4 Å². The van der Waals surface area contributed by atoms with E-state index < -0.39 is 5.97 Å². The van der Waals surface area contributed by atoms with E-state index in [1.165, 1.54) is 17.4 Å². The van der Waals surface area contributed by atoms with Crippen molar-refractivity contribution in [2.24, 2.45) is 7.05 Å². The van der Waals surface area contributed by atoms with Gasteiger partial charge in [0.2, 0.25) is 0 Å². The van der Waals surface area contributed by atoms with E-state index in [9.17, 15) is 9.59 Å². The highest BCUT2D eigenvalue weighted by atomic mass is 32.1. The lowest BCUT2D eigenvalue weighted by Crippen LogP contribution is -2.24. The van der Waals surface area contributed by atoms with E-state index in [4.69, 9.17) is 5.11 Å². The molecule has 2 rings (SSSR count). The summed E-state index contributed by atoms with van der Waals surface area (Å²) in [5.74, 6) is -0.688. The van der Waals surface area contributed by atoms with Crippen LogP contribution in [0.4, 0.5) is 0 Å². The maximum Gasteiger partial charge on any atom is 0.328 e. The Bertz CT molecular complexity index is 659. The number of hydrogen-bond donors (Lipinski definition) is 2. The minimum Gasteiger partial charge on any atom is -0.478 e. The van der Waals surface area contributed by atoms with Crippen molar-refractivity contribution in [1.82, 2.24) is 20.1 Å². The molecule has 7 nitrogen and oxygen atoms in total. The second-order valence-electron chi connectivity index (χ2n) is 3.92. The van der Waals surface area contributed by atoms with Gasteiger partial charge in [-0.1, -0.05) is 0 Å². The zero-order valence-corrected chi connectivity index (χ0v) is 11.4. The van der Waals surface area contributed by atoms with Crippen LogP contribution in [0.5, 0.6) is 0 Å². The van der Waals surface area contributed by atoms with Crippen molar-refractivity contribution in [2.75, 3.05) is 0 Å². The van der Waals surface area contributed by atoms with Gasteiger partial charge in [-0.2, -0.15) is 0 Å². The number of rotatable bonds is 5. The molecule has 2 aromatic rings. The van der Waals surface area contributed by atoms with Gasteiger partial charge >= 0.3 is 5.97 Å². The van der Waals surface area contributed by atoms with E-state index >= 15 is 0 Å². The molecule has 0 aliphatic heterocycles. The highest BCUT2D eigenvalue weighted by molar-refractivity contribution is 7.12. The lowest BCUT2D eigenvalue weighted by Gasteiger charge is -2.03. The van der Waals surface area contributed by atoms with Gasteiger partial charge in [0.05, 0.1) is 11.4 Å². The Balaban J connectivity index is 2.05. The number of thiophene rings is 1. The zero-order valence-electron chi connectivity index (χ0n) is 10.6. The third kappa shape index (κ3) is 3.29. The van der Waals surface area contributed by atoms with Crippen LogP contribution in [0.2, 0.25) is 0 Å². The first-order valence-electron chi connectivity index (χ1n) is 5.67. The number of nitrogens with zero attached hydrogens (tertiary/aromatic N) is 3. The first-order valence-corrected chi connectivity index (χ1v) is 6.55. The quantitative estimate of drug-likeness (QED) is 0.798. The van der Waals surface area contributed by atoms with Gasteiger partial charge in [-0.3, -0.25) is 4.79 Å². The first kappa shape index (κ1) is 13.9. The number of aryl methyl sites for hydroxylation is 1. The number of carboxylic acid groups (broad SMARTS) is 1. The Morgan fingerprint density at radius 3 is 3.00 bits per heavy atom. The van der Waals surface area contributed by atoms with Gasteiger partial charge in [-0.05, 0) is 23.1 Å². The summed E-state index contributed by atoms with van der Waals surface area (Å²) in [6.07, 6.45) is 3.95. The smallest absolute Gasteiger partial charge is 0.328 e. The predicted molar refractivity (Wildman–Crippen MR) is 73.2 cm³/mol. The highest BCUT2D eigenvalue weighted by Gasteiger charge is 2.12. The van der Waals surface area contributed by atoms with Gasteiger partial charge in [-0.25, -0.2) is 4.79 Å². The van der Waals surface area contributed by atoms with Crippen LogP contribution in [0.1, 0.15) is 21.1 Å². The Morgan fingerprint density at radius 2 is 2.35 bits per heavy atom. The average molecular weight is 292 g/mol. The molecule has 0 saturated heterocycles. The minimum atomic E-state index is -1.05. The predicted octanol–water partition coefficient (Wildman–Crippen LogP) is 0.904. The average Bonchev–Trinajstić information content (AvgIpc) is 3.02. The summed E-state index contributed by atoms with van der Waals surface area (Å²) >= 11 is 1.25. The van der Waals surface area contributed by atoms with E-state index in [0.717, 1.165) is 6.08 Å². The van der Waals surface area contributed by atoms with Crippen LogP contribution >= 0.6 is 11.3 Å². The molecule has 8 heteroatoms. The van der Waals surface area contributed by atoms with Crippen molar-refractivity contribution < 1.29 is 14.7 Å². The van der Waals surface area contributed by atoms with Gasteiger partial charge in [0.1, 0.15) is 6.33 Å². The Labute approximate surface area is 118 Å². The lowest BCUT2D eigenvalue weighted by molar-refractivity contribution is -0.131. The van der Waals surface area contributed by atoms with E-state index in [2.05, 4.69) is 15.5 Å². The van der Waals surface area contributed by atoms with Gasteiger partial charge in [0, 0.05) is 13.1 Å². The van der Waals surface area contributed by atoms with E-state index in [1.807, 2.05) is 0 Å². The minimum absolute atomic E-state index is 0.259. The van der Waals surface area contributed by atoms with Crippen molar-refractivity contribution in [2.45, 2.75) is 6.54 Å². The molecular weight excluding hydrogens is 280 g/mol. The molecule has 0 unspecified atom stereocenters. The SMILES string of the molecule is Cn1cnnc1CNC(=O)c1sccc1C=CC(=O)O. The molecule has 2 heterocycles. The van der Waals surface area contributed by atoms with Crippen LogP contribution in [0.15, 0.2) is 23.8 Å². The summed E-state index contributed by atoms with van der Waals surface area (Å²) < 4.78 is 1.71. The summed E-state index contributed by atoms with van der Waals surface area (Å²) in [7, 11) is 1.79. The Kier molecular flexibility index (Phi) is 4.26. The lowest BCUT2D eigenvalue weighted by atomic mass is 10.2. The third-order valence-corrected chi connectivity index (χ3v) is 3.45. The van der Waals surface area contributed by atoms with Gasteiger partial charge in [-0.15, -0.1) is 21.5 Å². The molecule has 0 spiro atoms. The van der Waals surface area contributed by atoms with Crippen molar-refractivity contribution in [1.29, 1.82) is 0 Å². The molecule has 0 bridgehead atoms. The molecule has 2 aromatic heterocycles. The number of hydrogen-bond acceptors (Lipinski definition) is 5. The number of carbonyl (C=O) groups is 2. The first-order chi connectivity index (χ1) is 9.58. The van der Waals surface area contributed by atoms with Gasteiger partial charge in [0.25, 0.3) is 5.91 Å². The van der Waals surface area contributed by atoms with E-state index in [-0.39, 0.29) is 12.5 Å². The second kappa shape index (κ2) is 6.11. The van der Waals surface area contributed by atoms with Gasteiger partial charge < -0.3 is 15.0 Å². The largest absolute Gasteiger partial charge is 0.478 e. The van der Waals surface area contributed by atoms with Crippen LogP contribution in [0.25, 0.3) is 6.08 Å². The molecule has 0 fully saturated rings. The monoisotopic (exact) mass is 292 g/mol. The molecule has 104 valence electrons. The molecular formula is C12H12N4O3S. The molecule has 0 saturated carbocycles. The molecule has 1 amide bonds. The van der Waals surface area contributed by atoms with Crippen LogP contribution in [-0.2, 0) is 18.4 Å². The Hall–Kier alpha value is -2.48. The number of nitrogens with one attached hydrogen (secondary N) is 1. The molecule has 20 heavy (non-hydrogen) atoms. The Morgan fingerprint density at radius 1 is 1.55 bits per heavy atom. The summed E-state index contributed by atoms with van der Waals surface area (Å²) in [5, 5.41) is 20.6. The number of aromatic nitrogens is 3. The summed E-state index contributed by atoms with van der Waals surface area (Å²) in [4.78, 5) is 23.0. The fourth-order valence-corrected chi connectivity index (χ4v) is 2.30. The molecule has 0 aliphatic rings. The standard InChI is InChI=1S/C12H12N4O3S/c1-16-7-14-15-9(16)6-13-12(19)11-8(4-5-20-11)2-3-10(17)18/h2-5,7H,6H2,1H3,(H,13,19)(H,17,18). The summed E-state index contributed by atoms with van der Waals surface area (Å²) in [6, 6.07) is 1.70. The van der Waals surface area contributed by atoms with Crippen molar-refractivity contribution in [3.63, 3.8) is 0 Å². The normalized spacial score (nSPS) is 10.8. The number of aliphatic carboxylic acids is 1. The summed E-state index contributed by atoms with van der Waals surface area (Å²) in [6.45, 7) is 0.259. The molecule has 2 N–H and O–H groups in total. The number of amides is 1. The fourth-order valence-electron chi connectivity index (χ4n) is 1.50. The maximum atomic E-state index is 12.0. The van der Waals surface area contributed by atoms with Crippen LogP contribution in [0, 0.1) is 0 Å².